The molecule has 0 saturated heterocycles. The summed E-state index contributed by atoms with van der Waals surface area (Å²) in [7, 11) is -3.85. The van der Waals surface area contributed by atoms with E-state index in [1.165, 1.54) is 20.4 Å². The number of para-hydroxylation sites is 2. The van der Waals surface area contributed by atoms with E-state index >= 15 is 0 Å². The topological polar surface area (TPSA) is 89.3 Å². The van der Waals surface area contributed by atoms with Gasteiger partial charge < -0.3 is 4.57 Å². The molecule has 3 aromatic rings. The van der Waals surface area contributed by atoms with Gasteiger partial charge >= 0.3 is 0 Å². The van der Waals surface area contributed by atoms with E-state index in [1.807, 2.05) is 34.9 Å². The second kappa shape index (κ2) is 7.06. The van der Waals surface area contributed by atoms with Crippen molar-refractivity contribution in [1.29, 1.82) is 0 Å². The van der Waals surface area contributed by atoms with Crippen LogP contribution in [0.2, 0.25) is 0 Å². The van der Waals surface area contributed by atoms with Crippen molar-refractivity contribution in [3.05, 3.63) is 59.9 Å². The monoisotopic (exact) mass is 407 g/mol. The summed E-state index contributed by atoms with van der Waals surface area (Å²) >= 11 is 0. The quantitative estimate of drug-likeness (QED) is 0.622. The maximum absolute atomic E-state index is 12.4. The SMILES string of the molecule is CN(C)S(=O)(=O)c1cccc(Cn2c(CS(C)(=O)=O)nc3ccccc32)c1. The number of sulfone groups is 1. The van der Waals surface area contributed by atoms with E-state index in [9.17, 15) is 16.8 Å². The van der Waals surface area contributed by atoms with Crippen LogP contribution in [-0.2, 0) is 32.2 Å². The summed E-state index contributed by atoms with van der Waals surface area (Å²) in [5.41, 5.74) is 2.25. The van der Waals surface area contributed by atoms with E-state index in [0.29, 0.717) is 17.9 Å². The first-order valence-corrected chi connectivity index (χ1v) is 11.7. The molecule has 0 aliphatic rings. The fraction of sp³-hybridized carbons (Fsp3) is 0.278. The molecule has 3 rings (SSSR count). The number of hydrogen-bond acceptors (Lipinski definition) is 5. The van der Waals surface area contributed by atoms with Crippen molar-refractivity contribution in [2.75, 3.05) is 20.4 Å². The minimum absolute atomic E-state index is 0.183. The first kappa shape index (κ1) is 19.5. The summed E-state index contributed by atoms with van der Waals surface area (Å²) in [4.78, 5) is 4.64. The van der Waals surface area contributed by atoms with Gasteiger partial charge in [0, 0.05) is 26.9 Å². The normalized spacial score (nSPS) is 12.7. The van der Waals surface area contributed by atoms with Crippen LogP contribution in [0.3, 0.4) is 0 Å². The second-order valence-corrected chi connectivity index (χ2v) is 10.9. The molecule has 144 valence electrons. The number of imidazole rings is 1. The van der Waals surface area contributed by atoms with Gasteiger partial charge in [0.05, 0.1) is 15.9 Å². The molecule has 9 heteroatoms. The lowest BCUT2D eigenvalue weighted by atomic mass is 10.2. The Morgan fingerprint density at radius 2 is 1.70 bits per heavy atom. The van der Waals surface area contributed by atoms with Crippen LogP contribution in [0.4, 0.5) is 0 Å². The van der Waals surface area contributed by atoms with E-state index in [2.05, 4.69) is 4.98 Å². The Bertz CT molecular complexity index is 1200. The second-order valence-electron chi connectivity index (χ2n) is 6.61. The van der Waals surface area contributed by atoms with Gasteiger partial charge in [-0.05, 0) is 29.8 Å². The molecule has 1 aromatic heterocycles. The van der Waals surface area contributed by atoms with Gasteiger partial charge in [0.15, 0.2) is 9.84 Å². The van der Waals surface area contributed by atoms with Gasteiger partial charge in [0.25, 0.3) is 0 Å². The molecule has 2 aromatic carbocycles. The molecule has 1 heterocycles. The third-order valence-electron chi connectivity index (χ3n) is 4.14. The molecular formula is C18H21N3O4S2. The standard InChI is InChI=1S/C18H21N3O4S2/c1-20(2)27(24,25)15-8-6-7-14(11-15)12-21-17-10-5-4-9-16(17)19-18(21)13-26(3,22)23/h4-11H,12-13H2,1-3H3. The molecule has 7 nitrogen and oxygen atoms in total. The van der Waals surface area contributed by atoms with E-state index in [0.717, 1.165) is 15.4 Å². The fourth-order valence-electron chi connectivity index (χ4n) is 2.84. The third-order valence-corrected chi connectivity index (χ3v) is 6.74. The Hall–Kier alpha value is -2.23. The smallest absolute Gasteiger partial charge is 0.242 e. The van der Waals surface area contributed by atoms with Crippen molar-refractivity contribution in [2.24, 2.45) is 0 Å². The summed E-state index contributed by atoms with van der Waals surface area (Å²) < 4.78 is 51.3. The Balaban J connectivity index is 2.08. The largest absolute Gasteiger partial charge is 0.323 e. The highest BCUT2D eigenvalue weighted by Crippen LogP contribution is 2.21. The molecular weight excluding hydrogens is 386 g/mol. The molecule has 27 heavy (non-hydrogen) atoms. The van der Waals surface area contributed by atoms with E-state index in [-0.39, 0.29) is 10.6 Å². The predicted octanol–water partition coefficient (Wildman–Crippen LogP) is 1.88. The Kier molecular flexibility index (Phi) is 5.11. The van der Waals surface area contributed by atoms with E-state index in [1.54, 1.807) is 18.2 Å². The van der Waals surface area contributed by atoms with Crippen molar-refractivity contribution in [3.8, 4) is 0 Å². The molecule has 0 fully saturated rings. The average molecular weight is 408 g/mol. The zero-order chi connectivity index (χ0) is 19.8. The lowest BCUT2D eigenvalue weighted by molar-refractivity contribution is 0.520. The number of hydrogen-bond donors (Lipinski definition) is 0. The molecule has 0 aliphatic carbocycles. The third kappa shape index (κ3) is 4.20. The minimum atomic E-state index is -3.55. The van der Waals surface area contributed by atoms with E-state index in [4.69, 9.17) is 0 Å². The molecule has 0 amide bonds. The van der Waals surface area contributed by atoms with Crippen molar-refractivity contribution in [1.82, 2.24) is 13.9 Å². The Labute approximate surface area is 159 Å². The molecule has 0 spiro atoms. The van der Waals surface area contributed by atoms with Crippen molar-refractivity contribution >= 4 is 30.9 Å². The average Bonchev–Trinajstić information content (AvgIpc) is 2.90. The lowest BCUT2D eigenvalue weighted by Gasteiger charge is -2.13. The molecule has 0 saturated carbocycles. The zero-order valence-corrected chi connectivity index (χ0v) is 17.0. The maximum atomic E-state index is 12.4. The number of nitrogens with zero attached hydrogens (tertiary/aromatic N) is 3. The molecule has 0 aliphatic heterocycles. The van der Waals surface area contributed by atoms with Crippen molar-refractivity contribution in [3.63, 3.8) is 0 Å². The lowest BCUT2D eigenvalue weighted by Crippen LogP contribution is -2.22. The number of aromatic nitrogens is 2. The number of fused-ring (bicyclic) bond motifs is 1. The Morgan fingerprint density at radius 1 is 1.00 bits per heavy atom. The number of rotatable bonds is 6. The minimum Gasteiger partial charge on any atom is -0.323 e. The summed E-state index contributed by atoms with van der Waals surface area (Å²) in [5.74, 6) is 0.247. The van der Waals surface area contributed by atoms with E-state index < -0.39 is 19.9 Å². The zero-order valence-electron chi connectivity index (χ0n) is 15.3. The van der Waals surface area contributed by atoms with Crippen LogP contribution in [0.5, 0.6) is 0 Å². The fourth-order valence-corrected chi connectivity index (χ4v) is 4.51. The van der Waals surface area contributed by atoms with Crippen LogP contribution in [0, 0.1) is 0 Å². The van der Waals surface area contributed by atoms with Crippen LogP contribution < -0.4 is 0 Å². The molecule has 0 atom stereocenters. The van der Waals surface area contributed by atoms with Crippen LogP contribution >= 0.6 is 0 Å². The summed E-state index contributed by atoms with van der Waals surface area (Å²) in [6.07, 6.45) is 1.17. The number of sulfonamides is 1. The highest BCUT2D eigenvalue weighted by atomic mass is 32.2. The van der Waals surface area contributed by atoms with Gasteiger partial charge in [-0.1, -0.05) is 24.3 Å². The first-order chi connectivity index (χ1) is 12.6. The van der Waals surface area contributed by atoms with Gasteiger partial charge in [0.2, 0.25) is 10.0 Å². The van der Waals surface area contributed by atoms with Gasteiger partial charge in [-0.25, -0.2) is 26.1 Å². The molecule has 0 unspecified atom stereocenters. The van der Waals surface area contributed by atoms with Crippen LogP contribution in [0.1, 0.15) is 11.4 Å². The maximum Gasteiger partial charge on any atom is 0.242 e. The van der Waals surface area contributed by atoms with Crippen molar-refractivity contribution in [2.45, 2.75) is 17.2 Å². The predicted molar refractivity (Wildman–Crippen MR) is 105 cm³/mol. The van der Waals surface area contributed by atoms with Crippen LogP contribution in [0.25, 0.3) is 11.0 Å². The van der Waals surface area contributed by atoms with Gasteiger partial charge in [0.1, 0.15) is 11.6 Å². The van der Waals surface area contributed by atoms with Gasteiger partial charge in [-0.3, -0.25) is 0 Å². The van der Waals surface area contributed by atoms with Gasteiger partial charge in [-0.2, -0.15) is 0 Å². The van der Waals surface area contributed by atoms with Crippen LogP contribution in [0.15, 0.2) is 53.4 Å². The molecule has 0 bridgehead atoms. The molecule has 0 radical (unpaired) electrons. The summed E-state index contributed by atoms with van der Waals surface area (Å²) in [6, 6.07) is 14.0. The summed E-state index contributed by atoms with van der Waals surface area (Å²) in [5, 5.41) is 0. The Morgan fingerprint density at radius 3 is 2.37 bits per heavy atom. The van der Waals surface area contributed by atoms with Crippen molar-refractivity contribution < 1.29 is 16.8 Å². The van der Waals surface area contributed by atoms with Gasteiger partial charge in [-0.15, -0.1) is 0 Å². The number of benzene rings is 2. The highest BCUT2D eigenvalue weighted by Gasteiger charge is 2.19. The summed E-state index contributed by atoms with van der Waals surface area (Å²) in [6.45, 7) is 0.322. The molecule has 0 N–H and O–H groups in total. The highest BCUT2D eigenvalue weighted by molar-refractivity contribution is 7.89. The van der Waals surface area contributed by atoms with Crippen LogP contribution in [-0.4, -0.2) is 51.0 Å². The first-order valence-electron chi connectivity index (χ1n) is 8.21.